The fraction of sp³-hybridized carbons (Fsp3) is 0.214. The lowest BCUT2D eigenvalue weighted by atomic mass is 10.2. The number of aromatic nitrogens is 2. The highest BCUT2D eigenvalue weighted by atomic mass is 32.2. The zero-order chi connectivity index (χ0) is 15.1. The molecule has 7 heteroatoms. The molecule has 21 heavy (non-hydrogen) atoms. The van der Waals surface area contributed by atoms with E-state index < -0.39 is 5.97 Å². The van der Waals surface area contributed by atoms with Gasteiger partial charge in [-0.3, -0.25) is 4.79 Å². The highest BCUT2D eigenvalue weighted by Gasteiger charge is 2.14. The van der Waals surface area contributed by atoms with E-state index in [1.165, 1.54) is 11.8 Å². The molecular weight excluding hydrogens is 290 g/mol. The van der Waals surface area contributed by atoms with Crippen LogP contribution in [0.1, 0.15) is 17.3 Å². The van der Waals surface area contributed by atoms with E-state index in [4.69, 9.17) is 4.74 Å². The summed E-state index contributed by atoms with van der Waals surface area (Å²) in [6.07, 6.45) is 3.31. The second-order valence-corrected chi connectivity index (χ2v) is 4.96. The van der Waals surface area contributed by atoms with Crippen LogP contribution in [0.5, 0.6) is 0 Å². The van der Waals surface area contributed by atoms with Gasteiger partial charge in [0.1, 0.15) is 0 Å². The summed E-state index contributed by atoms with van der Waals surface area (Å²) in [4.78, 5) is 30.6. The Kier molecular flexibility index (Phi) is 5.39. The lowest BCUT2D eigenvalue weighted by molar-refractivity contribution is -0.113. The fourth-order valence-corrected chi connectivity index (χ4v) is 2.26. The molecule has 0 spiro atoms. The van der Waals surface area contributed by atoms with E-state index in [9.17, 15) is 9.59 Å². The number of amides is 1. The van der Waals surface area contributed by atoms with Crippen molar-refractivity contribution < 1.29 is 14.3 Å². The Morgan fingerprint density at radius 3 is 2.90 bits per heavy atom. The van der Waals surface area contributed by atoms with Crippen LogP contribution in [0.25, 0.3) is 0 Å². The van der Waals surface area contributed by atoms with Gasteiger partial charge in [-0.25, -0.2) is 9.78 Å². The molecule has 0 aliphatic carbocycles. The lowest BCUT2D eigenvalue weighted by Gasteiger charge is -2.09. The molecule has 0 unspecified atom stereocenters. The number of carbonyl (C=O) groups excluding carboxylic acids is 2. The minimum Gasteiger partial charge on any atom is -0.462 e. The van der Waals surface area contributed by atoms with E-state index in [1.54, 1.807) is 43.6 Å². The Balaban J connectivity index is 1.98. The standard InChI is InChI=1S/C14H15N3O3S/c1-2-20-13(19)10-5-3-4-6-11(10)17-12(18)9-21-14-15-7-8-16-14/h3-8H,2,9H2,1H3,(H,15,16)(H,17,18). The summed E-state index contributed by atoms with van der Waals surface area (Å²) in [5.41, 5.74) is 0.789. The molecule has 0 aliphatic heterocycles. The first-order valence-electron chi connectivity index (χ1n) is 6.39. The van der Waals surface area contributed by atoms with Crippen LogP contribution in [0.4, 0.5) is 5.69 Å². The second-order valence-electron chi connectivity index (χ2n) is 4.00. The van der Waals surface area contributed by atoms with Crippen LogP contribution in [0.15, 0.2) is 41.8 Å². The molecular formula is C14H15N3O3S. The predicted octanol–water partition coefficient (Wildman–Crippen LogP) is 2.32. The second kappa shape index (κ2) is 7.49. The largest absolute Gasteiger partial charge is 0.462 e. The van der Waals surface area contributed by atoms with Gasteiger partial charge in [0.25, 0.3) is 0 Å². The number of imidazole rings is 1. The summed E-state index contributed by atoms with van der Waals surface area (Å²) in [5.74, 6) is -0.467. The van der Waals surface area contributed by atoms with Gasteiger partial charge in [0.05, 0.1) is 23.6 Å². The van der Waals surface area contributed by atoms with Crippen molar-refractivity contribution in [2.45, 2.75) is 12.1 Å². The molecule has 0 atom stereocenters. The maximum absolute atomic E-state index is 11.9. The molecule has 2 rings (SSSR count). The molecule has 110 valence electrons. The molecule has 1 aromatic heterocycles. The van der Waals surface area contributed by atoms with Crippen LogP contribution < -0.4 is 5.32 Å². The number of nitrogens with zero attached hydrogens (tertiary/aromatic N) is 1. The first-order chi connectivity index (χ1) is 10.2. The van der Waals surface area contributed by atoms with Crippen molar-refractivity contribution >= 4 is 29.3 Å². The van der Waals surface area contributed by atoms with Crippen molar-refractivity contribution in [3.05, 3.63) is 42.2 Å². The quantitative estimate of drug-likeness (QED) is 0.632. The number of esters is 1. The molecule has 0 bridgehead atoms. The third kappa shape index (κ3) is 4.35. The smallest absolute Gasteiger partial charge is 0.340 e. The zero-order valence-electron chi connectivity index (χ0n) is 11.5. The number of nitrogens with one attached hydrogen (secondary N) is 2. The van der Waals surface area contributed by atoms with Gasteiger partial charge in [0, 0.05) is 12.4 Å². The maximum Gasteiger partial charge on any atom is 0.340 e. The molecule has 0 radical (unpaired) electrons. The van der Waals surface area contributed by atoms with Crippen molar-refractivity contribution in [3.8, 4) is 0 Å². The van der Waals surface area contributed by atoms with Gasteiger partial charge in [-0.1, -0.05) is 23.9 Å². The summed E-state index contributed by atoms with van der Waals surface area (Å²) in [7, 11) is 0. The van der Waals surface area contributed by atoms with Crippen molar-refractivity contribution in [1.29, 1.82) is 0 Å². The summed E-state index contributed by atoms with van der Waals surface area (Å²) in [6, 6.07) is 6.76. The number of H-pyrrole nitrogens is 1. The molecule has 0 fully saturated rings. The summed E-state index contributed by atoms with van der Waals surface area (Å²) >= 11 is 1.28. The molecule has 1 amide bonds. The normalized spacial score (nSPS) is 10.1. The minimum atomic E-state index is -0.452. The molecule has 0 aliphatic rings. The monoisotopic (exact) mass is 305 g/mol. The van der Waals surface area contributed by atoms with Crippen molar-refractivity contribution in [3.63, 3.8) is 0 Å². The van der Waals surface area contributed by atoms with E-state index in [2.05, 4.69) is 15.3 Å². The molecule has 6 nitrogen and oxygen atoms in total. The lowest BCUT2D eigenvalue weighted by Crippen LogP contribution is -2.17. The van der Waals surface area contributed by atoms with Crippen LogP contribution in [0.2, 0.25) is 0 Å². The number of aromatic amines is 1. The number of hydrogen-bond acceptors (Lipinski definition) is 5. The average molecular weight is 305 g/mol. The Morgan fingerprint density at radius 2 is 2.19 bits per heavy atom. The van der Waals surface area contributed by atoms with E-state index in [1.807, 2.05) is 0 Å². The van der Waals surface area contributed by atoms with Gasteiger partial charge in [-0.2, -0.15) is 0 Å². The topological polar surface area (TPSA) is 84.1 Å². The van der Waals surface area contributed by atoms with Gasteiger partial charge in [0.15, 0.2) is 5.16 Å². The van der Waals surface area contributed by atoms with Crippen molar-refractivity contribution in [1.82, 2.24) is 9.97 Å². The number of ether oxygens (including phenoxy) is 1. The Labute approximate surface area is 126 Å². The number of carbonyl (C=O) groups is 2. The number of thioether (sulfide) groups is 1. The van der Waals surface area contributed by atoms with E-state index in [0.29, 0.717) is 16.4 Å². The fourth-order valence-electron chi connectivity index (χ4n) is 1.63. The summed E-state index contributed by atoms with van der Waals surface area (Å²) in [6.45, 7) is 2.02. The predicted molar refractivity (Wildman–Crippen MR) is 80.3 cm³/mol. The van der Waals surface area contributed by atoms with Gasteiger partial charge in [-0.15, -0.1) is 0 Å². The van der Waals surface area contributed by atoms with Gasteiger partial charge in [0.2, 0.25) is 5.91 Å². The Bertz CT molecular complexity index is 614. The summed E-state index contributed by atoms with van der Waals surface area (Å²) < 4.78 is 4.96. The van der Waals surface area contributed by atoms with Crippen LogP contribution in [-0.4, -0.2) is 34.2 Å². The van der Waals surface area contributed by atoms with Crippen LogP contribution in [0, 0.1) is 0 Å². The van der Waals surface area contributed by atoms with Crippen LogP contribution in [-0.2, 0) is 9.53 Å². The maximum atomic E-state index is 11.9. The SMILES string of the molecule is CCOC(=O)c1ccccc1NC(=O)CSc1ncc[nH]1. The Hall–Kier alpha value is -2.28. The first-order valence-corrected chi connectivity index (χ1v) is 7.37. The minimum absolute atomic E-state index is 0.199. The molecule has 0 saturated heterocycles. The highest BCUT2D eigenvalue weighted by molar-refractivity contribution is 7.99. The van der Waals surface area contributed by atoms with E-state index in [-0.39, 0.29) is 18.3 Å². The Morgan fingerprint density at radius 1 is 1.38 bits per heavy atom. The zero-order valence-corrected chi connectivity index (χ0v) is 12.3. The molecule has 0 saturated carbocycles. The molecule has 1 heterocycles. The first kappa shape index (κ1) is 15.1. The molecule has 1 aromatic carbocycles. The number of anilines is 1. The van der Waals surface area contributed by atoms with Crippen LogP contribution in [0.3, 0.4) is 0 Å². The summed E-state index contributed by atoms with van der Waals surface area (Å²) in [5, 5.41) is 3.38. The van der Waals surface area contributed by atoms with Gasteiger partial charge < -0.3 is 15.0 Å². The average Bonchev–Trinajstić information content (AvgIpc) is 2.99. The van der Waals surface area contributed by atoms with E-state index in [0.717, 1.165) is 0 Å². The van der Waals surface area contributed by atoms with Gasteiger partial charge in [-0.05, 0) is 19.1 Å². The number of hydrogen-bond donors (Lipinski definition) is 2. The third-order valence-corrected chi connectivity index (χ3v) is 3.41. The van der Waals surface area contributed by atoms with Gasteiger partial charge >= 0.3 is 5.97 Å². The third-order valence-electron chi connectivity index (χ3n) is 2.51. The molecule has 2 N–H and O–H groups in total. The number of para-hydroxylation sites is 1. The number of benzene rings is 1. The van der Waals surface area contributed by atoms with E-state index >= 15 is 0 Å². The number of rotatable bonds is 6. The van der Waals surface area contributed by atoms with Crippen molar-refractivity contribution in [2.75, 3.05) is 17.7 Å². The van der Waals surface area contributed by atoms with Crippen LogP contribution >= 0.6 is 11.8 Å². The highest BCUT2D eigenvalue weighted by Crippen LogP contribution is 2.18. The van der Waals surface area contributed by atoms with Crippen molar-refractivity contribution in [2.24, 2.45) is 0 Å². The molecule has 2 aromatic rings.